The van der Waals surface area contributed by atoms with Gasteiger partial charge in [-0.3, -0.25) is 0 Å². The first-order valence-electron chi connectivity index (χ1n) is 15.2. The Kier molecular flexibility index (Phi) is 8.48. The smallest absolute Gasteiger partial charge is 0.376 e. The Bertz CT molecular complexity index is 1150. The second kappa shape index (κ2) is 10.7. The van der Waals surface area contributed by atoms with E-state index in [2.05, 4.69) is 150 Å². The zero-order valence-electron chi connectivity index (χ0n) is 27.7. The number of halogens is 2. The first kappa shape index (κ1) is 32.6. The van der Waals surface area contributed by atoms with Crippen molar-refractivity contribution in [2.45, 2.75) is 83.1 Å². The van der Waals surface area contributed by atoms with Crippen LogP contribution in [0.4, 0.5) is 22.7 Å². The molecule has 0 amide bonds. The van der Waals surface area contributed by atoms with Crippen LogP contribution in [0.3, 0.4) is 0 Å². The lowest BCUT2D eigenvalue weighted by Crippen LogP contribution is -2.89. The van der Waals surface area contributed by atoms with Crippen molar-refractivity contribution in [2.24, 2.45) is 21.7 Å². The van der Waals surface area contributed by atoms with Crippen LogP contribution < -0.4 is 18.3 Å². The molecule has 41 heavy (non-hydrogen) atoms. The van der Waals surface area contributed by atoms with Gasteiger partial charge < -0.3 is 18.3 Å². The summed E-state index contributed by atoms with van der Waals surface area (Å²) >= 11 is 16.3. The van der Waals surface area contributed by atoms with Crippen molar-refractivity contribution in [3.8, 4) is 0 Å². The highest BCUT2D eigenvalue weighted by atomic mass is 35.6. The summed E-state index contributed by atoms with van der Waals surface area (Å²) in [6, 6.07) is 18.0. The van der Waals surface area contributed by atoms with Crippen LogP contribution >= 0.6 is 22.7 Å². The molecule has 0 bridgehead atoms. The molecule has 0 radical (unpaired) electrons. The molecule has 2 heterocycles. The fourth-order valence-electron chi connectivity index (χ4n) is 6.56. The van der Waals surface area contributed by atoms with E-state index in [1.54, 1.807) is 0 Å². The van der Waals surface area contributed by atoms with Gasteiger partial charge in [-0.05, 0) is 45.9 Å². The van der Waals surface area contributed by atoms with Crippen LogP contribution in [0.5, 0.6) is 0 Å². The Labute approximate surface area is 262 Å². The SMILES string of the molecule is CC(C)(C)CN1c2ccccc2N(CC(C)(C)C)[Si]1(Cl)[Si]1(CCl)N(CC(C)(C)C)c2ccccc2N1CC(C)(C)C. The summed E-state index contributed by atoms with van der Waals surface area (Å²) in [5.41, 5.74) is 5.91. The first-order valence-corrected chi connectivity index (χ1v) is 21.7. The van der Waals surface area contributed by atoms with Gasteiger partial charge in [0.2, 0.25) is 0 Å². The van der Waals surface area contributed by atoms with E-state index in [9.17, 15) is 0 Å². The Morgan fingerprint density at radius 1 is 0.488 bits per heavy atom. The number of anilines is 4. The highest BCUT2D eigenvalue weighted by molar-refractivity contribution is 7.64. The number of nitrogens with zero attached hydrogens (tertiary/aromatic N) is 4. The molecule has 228 valence electrons. The monoisotopic (exact) mass is 632 g/mol. The lowest BCUT2D eigenvalue weighted by molar-refractivity contribution is 0.419. The van der Waals surface area contributed by atoms with Gasteiger partial charge in [0.25, 0.3) is 0 Å². The molecule has 4 nitrogen and oxygen atoms in total. The van der Waals surface area contributed by atoms with E-state index in [-0.39, 0.29) is 21.7 Å². The van der Waals surface area contributed by atoms with Gasteiger partial charge in [0.1, 0.15) is 0 Å². The molecule has 0 aromatic heterocycles. The molecule has 2 aromatic carbocycles. The van der Waals surface area contributed by atoms with Crippen LogP contribution in [0.2, 0.25) is 0 Å². The maximum absolute atomic E-state index is 8.77. The number of fused-ring (bicyclic) bond motifs is 2. The van der Waals surface area contributed by atoms with Crippen LogP contribution in [-0.2, 0) is 0 Å². The van der Waals surface area contributed by atoms with E-state index >= 15 is 0 Å². The molecule has 8 heteroatoms. The molecule has 2 aromatic rings. The number of benzene rings is 2. The minimum absolute atomic E-state index is 0.0507. The molecule has 2 aliphatic rings. The molecule has 2 aliphatic heterocycles. The first-order chi connectivity index (χ1) is 18.6. The van der Waals surface area contributed by atoms with Gasteiger partial charge in [-0.25, -0.2) is 0 Å². The second-order valence-electron chi connectivity index (χ2n) is 17.1. The van der Waals surface area contributed by atoms with Gasteiger partial charge in [0, 0.05) is 26.2 Å². The average Bonchev–Trinajstić information content (AvgIpc) is 3.19. The molecule has 0 atom stereocenters. The Hall–Kier alpha value is -1.35. The van der Waals surface area contributed by atoms with Gasteiger partial charge in [-0.15, -0.1) is 22.7 Å². The molecular weight excluding hydrogens is 579 g/mol. The number of hydrogen-bond donors (Lipinski definition) is 0. The van der Waals surface area contributed by atoms with Gasteiger partial charge in [0.05, 0.1) is 28.3 Å². The van der Waals surface area contributed by atoms with Crippen molar-refractivity contribution < 1.29 is 0 Å². The quantitative estimate of drug-likeness (QED) is 0.179. The van der Waals surface area contributed by atoms with Crippen LogP contribution in [0.25, 0.3) is 0 Å². The predicted molar refractivity (Wildman–Crippen MR) is 188 cm³/mol. The molecule has 0 saturated carbocycles. The number of hydrogen-bond acceptors (Lipinski definition) is 4. The molecule has 0 N–H and O–H groups in total. The Morgan fingerprint density at radius 2 is 0.732 bits per heavy atom. The van der Waals surface area contributed by atoms with Crippen molar-refractivity contribution in [2.75, 3.05) is 49.9 Å². The Morgan fingerprint density at radius 3 is 0.976 bits per heavy atom. The highest BCUT2D eigenvalue weighted by Crippen LogP contribution is 2.57. The third kappa shape index (κ3) is 6.05. The van der Waals surface area contributed by atoms with E-state index in [0.717, 1.165) is 26.2 Å². The summed E-state index contributed by atoms with van der Waals surface area (Å²) in [5, 5.41) is 0. The largest absolute Gasteiger partial charge is 0.396 e. The molecule has 0 aliphatic carbocycles. The number of alkyl halides is 1. The predicted octanol–water partition coefficient (Wildman–Crippen LogP) is 9.30. The lowest BCUT2D eigenvalue weighted by atomic mass is 9.96. The van der Waals surface area contributed by atoms with Gasteiger partial charge in [-0.1, -0.05) is 107 Å². The van der Waals surface area contributed by atoms with Crippen molar-refractivity contribution in [3.63, 3.8) is 0 Å². The fourth-order valence-corrected chi connectivity index (χ4v) is 28.2. The van der Waals surface area contributed by atoms with Gasteiger partial charge in [0.15, 0.2) is 0 Å². The molecule has 0 unspecified atom stereocenters. The standard InChI is InChI=1S/C33H54Cl2N4Si2/c1-30(2,3)21-36-26-17-13-14-18-27(26)37(22-31(4,5)6)40(36,25-34)41(35)38(23-32(7,8)9)28-19-15-16-20-29(28)39(41)24-33(10,11)12/h13-20H,21-25H2,1-12H3. The van der Waals surface area contributed by atoms with E-state index in [0.29, 0.717) is 5.50 Å². The summed E-state index contributed by atoms with van der Waals surface area (Å²) in [6.07, 6.45) is 0. The zero-order valence-corrected chi connectivity index (χ0v) is 31.2. The number of rotatable bonds is 6. The topological polar surface area (TPSA) is 13.0 Å². The summed E-state index contributed by atoms with van der Waals surface area (Å²) in [6.45, 7) is 31.7. The van der Waals surface area contributed by atoms with Crippen LogP contribution in [0.1, 0.15) is 83.1 Å². The maximum atomic E-state index is 8.77. The third-order valence-corrected chi connectivity index (χ3v) is 26.5. The van der Waals surface area contributed by atoms with E-state index in [1.807, 2.05) is 0 Å². The average molecular weight is 634 g/mol. The van der Waals surface area contributed by atoms with E-state index in [1.165, 1.54) is 22.7 Å². The molecule has 0 fully saturated rings. The van der Waals surface area contributed by atoms with E-state index in [4.69, 9.17) is 22.7 Å². The fraction of sp³-hybridized carbons (Fsp3) is 0.636. The molecular formula is C33H54Cl2N4Si2. The van der Waals surface area contributed by atoms with Crippen molar-refractivity contribution in [1.29, 1.82) is 0 Å². The van der Waals surface area contributed by atoms with Crippen molar-refractivity contribution in [3.05, 3.63) is 48.5 Å². The molecule has 0 spiro atoms. The summed E-state index contributed by atoms with van der Waals surface area (Å²) in [5.74, 6) is 0. The molecule has 4 rings (SSSR count). The van der Waals surface area contributed by atoms with Crippen molar-refractivity contribution in [1.82, 2.24) is 0 Å². The zero-order chi connectivity index (χ0) is 30.8. The van der Waals surface area contributed by atoms with Gasteiger partial charge in [-0.2, -0.15) is 0 Å². The number of para-hydroxylation sites is 4. The van der Waals surface area contributed by atoms with Crippen LogP contribution in [-0.4, -0.2) is 46.8 Å². The Balaban J connectivity index is 2.13. The normalized spacial score (nSPS) is 18.7. The second-order valence-corrected chi connectivity index (χ2v) is 30.2. The third-order valence-electron chi connectivity index (χ3n) is 7.76. The lowest BCUT2D eigenvalue weighted by Gasteiger charge is -2.56. The van der Waals surface area contributed by atoms with Crippen LogP contribution in [0, 0.1) is 21.7 Å². The minimum atomic E-state index is -3.11. The maximum Gasteiger partial charge on any atom is 0.396 e. The summed E-state index contributed by atoms with van der Waals surface area (Å²) in [4.78, 5) is 0. The van der Waals surface area contributed by atoms with Crippen LogP contribution in [0.15, 0.2) is 48.5 Å². The minimum Gasteiger partial charge on any atom is -0.376 e. The van der Waals surface area contributed by atoms with Crippen molar-refractivity contribution >= 4 is 60.6 Å². The van der Waals surface area contributed by atoms with E-state index < -0.39 is 15.1 Å². The summed E-state index contributed by atoms with van der Waals surface area (Å²) < 4.78 is 10.9. The highest BCUT2D eigenvalue weighted by Gasteiger charge is 2.76. The molecule has 0 saturated heterocycles. The van der Waals surface area contributed by atoms with Gasteiger partial charge >= 0.3 is 15.1 Å². The summed E-state index contributed by atoms with van der Waals surface area (Å²) in [7, 11) is -6.03.